The van der Waals surface area contributed by atoms with E-state index in [0.29, 0.717) is 5.69 Å². The highest BCUT2D eigenvalue weighted by molar-refractivity contribution is 5.93. The average molecular weight is 289 g/mol. The number of carbonyl (C=O) groups excluding carboxylic acids is 1. The van der Waals surface area contributed by atoms with E-state index in [1.807, 2.05) is 42.5 Å². The summed E-state index contributed by atoms with van der Waals surface area (Å²) >= 11 is 0. The summed E-state index contributed by atoms with van der Waals surface area (Å²) in [6, 6.07) is 21.6. The summed E-state index contributed by atoms with van der Waals surface area (Å²) in [4.78, 5) is 14.5. The minimum Gasteiger partial charge on any atom is -0.357 e. The number of nitrogens with zero attached hydrogens (tertiary/aromatic N) is 1. The molecule has 1 aromatic heterocycles. The molecule has 0 bridgehead atoms. The van der Waals surface area contributed by atoms with Crippen molar-refractivity contribution in [2.75, 3.05) is 0 Å². The number of hydrogen-bond acceptors (Lipinski definition) is 2. The van der Waals surface area contributed by atoms with Gasteiger partial charge < -0.3 is 4.98 Å². The summed E-state index contributed by atoms with van der Waals surface area (Å²) in [5.74, 6) is -0.262. The first-order valence-electron chi connectivity index (χ1n) is 6.95. The fourth-order valence-corrected chi connectivity index (χ4v) is 2.09. The van der Waals surface area contributed by atoms with Crippen LogP contribution in [0.3, 0.4) is 0 Å². The molecule has 0 spiro atoms. The molecule has 0 radical (unpaired) electrons. The smallest absolute Gasteiger partial charge is 0.287 e. The summed E-state index contributed by atoms with van der Waals surface area (Å²) in [7, 11) is 0. The van der Waals surface area contributed by atoms with Gasteiger partial charge in [0, 0.05) is 6.20 Å². The number of rotatable bonds is 4. The molecule has 2 N–H and O–H groups in total. The average Bonchev–Trinajstić information content (AvgIpc) is 3.11. The lowest BCUT2D eigenvalue weighted by Crippen LogP contribution is -2.17. The lowest BCUT2D eigenvalue weighted by Gasteiger charge is -2.01. The molecule has 2 aromatic carbocycles. The van der Waals surface area contributed by atoms with Gasteiger partial charge in [-0.2, -0.15) is 5.10 Å². The Labute approximate surface area is 128 Å². The molecule has 0 unspecified atom stereocenters. The molecule has 0 saturated heterocycles. The second-order valence-electron chi connectivity index (χ2n) is 4.77. The van der Waals surface area contributed by atoms with E-state index in [1.54, 1.807) is 24.5 Å². The van der Waals surface area contributed by atoms with Crippen LogP contribution >= 0.6 is 0 Å². The third-order valence-electron chi connectivity index (χ3n) is 3.24. The second kappa shape index (κ2) is 6.54. The molecule has 4 heteroatoms. The molecule has 0 saturated carbocycles. The fourth-order valence-electron chi connectivity index (χ4n) is 2.09. The zero-order chi connectivity index (χ0) is 15.2. The Balaban J connectivity index is 1.64. The summed E-state index contributed by atoms with van der Waals surface area (Å²) in [5.41, 5.74) is 6.20. The number of carbonyl (C=O) groups is 1. The molecule has 3 aromatic rings. The van der Waals surface area contributed by atoms with Crippen LogP contribution < -0.4 is 5.43 Å². The van der Waals surface area contributed by atoms with Crippen molar-refractivity contribution < 1.29 is 4.79 Å². The third-order valence-corrected chi connectivity index (χ3v) is 3.24. The number of amides is 1. The van der Waals surface area contributed by atoms with Crippen LogP contribution in [0, 0.1) is 0 Å². The van der Waals surface area contributed by atoms with Crippen LogP contribution in [0.25, 0.3) is 11.1 Å². The predicted molar refractivity (Wildman–Crippen MR) is 87.7 cm³/mol. The summed E-state index contributed by atoms with van der Waals surface area (Å²) in [5, 5.41) is 3.96. The molecule has 0 fully saturated rings. The van der Waals surface area contributed by atoms with E-state index in [1.165, 1.54) is 5.56 Å². The van der Waals surface area contributed by atoms with Gasteiger partial charge in [0.05, 0.1) is 6.21 Å². The van der Waals surface area contributed by atoms with E-state index < -0.39 is 0 Å². The number of benzene rings is 2. The standard InChI is InChI=1S/C18H15N3O/c22-18(17-7-4-12-19-17)21-20-13-14-8-10-16(11-9-14)15-5-2-1-3-6-15/h1-13,19H,(H,21,22)/b20-13-. The van der Waals surface area contributed by atoms with Gasteiger partial charge in [0.2, 0.25) is 0 Å². The largest absolute Gasteiger partial charge is 0.357 e. The maximum atomic E-state index is 11.7. The monoisotopic (exact) mass is 289 g/mol. The van der Waals surface area contributed by atoms with Crippen LogP contribution in [0.1, 0.15) is 16.1 Å². The van der Waals surface area contributed by atoms with Crippen molar-refractivity contribution in [2.45, 2.75) is 0 Å². The van der Waals surface area contributed by atoms with Crippen LogP contribution in [0.4, 0.5) is 0 Å². The number of aromatic nitrogens is 1. The summed E-state index contributed by atoms with van der Waals surface area (Å²) in [6.45, 7) is 0. The first kappa shape index (κ1) is 13.8. The first-order chi connectivity index (χ1) is 10.8. The van der Waals surface area contributed by atoms with Crippen molar-refractivity contribution in [3.8, 4) is 11.1 Å². The number of H-pyrrole nitrogens is 1. The number of nitrogens with one attached hydrogen (secondary N) is 2. The molecule has 1 heterocycles. The van der Waals surface area contributed by atoms with Gasteiger partial charge in [-0.05, 0) is 28.8 Å². The van der Waals surface area contributed by atoms with Crippen molar-refractivity contribution in [1.82, 2.24) is 10.4 Å². The molecule has 0 aliphatic rings. The fraction of sp³-hybridized carbons (Fsp3) is 0. The van der Waals surface area contributed by atoms with E-state index in [9.17, 15) is 4.79 Å². The van der Waals surface area contributed by atoms with Crippen LogP contribution in [0.15, 0.2) is 78.0 Å². The third kappa shape index (κ3) is 3.30. The molecule has 4 nitrogen and oxygen atoms in total. The zero-order valence-corrected chi connectivity index (χ0v) is 11.9. The topological polar surface area (TPSA) is 57.2 Å². The molecule has 0 aliphatic carbocycles. The molecule has 0 atom stereocenters. The zero-order valence-electron chi connectivity index (χ0n) is 11.9. The Hall–Kier alpha value is -3.14. The lowest BCUT2D eigenvalue weighted by molar-refractivity contribution is 0.0951. The van der Waals surface area contributed by atoms with Gasteiger partial charge in [-0.3, -0.25) is 4.79 Å². The Kier molecular flexibility index (Phi) is 4.11. The van der Waals surface area contributed by atoms with E-state index >= 15 is 0 Å². The quantitative estimate of drug-likeness (QED) is 0.561. The van der Waals surface area contributed by atoms with Crippen LogP contribution in [-0.4, -0.2) is 17.1 Å². The molecule has 0 aliphatic heterocycles. The molecule has 108 valence electrons. The maximum Gasteiger partial charge on any atom is 0.287 e. The Morgan fingerprint density at radius 2 is 1.64 bits per heavy atom. The lowest BCUT2D eigenvalue weighted by atomic mass is 10.0. The Morgan fingerprint density at radius 1 is 0.909 bits per heavy atom. The van der Waals surface area contributed by atoms with Gasteiger partial charge in [0.1, 0.15) is 5.69 Å². The predicted octanol–water partition coefficient (Wildman–Crippen LogP) is 3.45. The van der Waals surface area contributed by atoms with Crippen molar-refractivity contribution in [3.05, 3.63) is 84.2 Å². The first-order valence-corrected chi connectivity index (χ1v) is 6.95. The van der Waals surface area contributed by atoms with Gasteiger partial charge in [-0.25, -0.2) is 5.43 Å². The Morgan fingerprint density at radius 3 is 2.32 bits per heavy atom. The van der Waals surface area contributed by atoms with Gasteiger partial charge in [0.25, 0.3) is 5.91 Å². The minimum absolute atomic E-state index is 0.262. The van der Waals surface area contributed by atoms with Crippen molar-refractivity contribution in [2.24, 2.45) is 5.10 Å². The van der Waals surface area contributed by atoms with E-state index in [2.05, 4.69) is 27.6 Å². The van der Waals surface area contributed by atoms with Crippen molar-refractivity contribution >= 4 is 12.1 Å². The van der Waals surface area contributed by atoms with Crippen LogP contribution in [-0.2, 0) is 0 Å². The number of aromatic amines is 1. The normalized spacial score (nSPS) is 10.7. The van der Waals surface area contributed by atoms with Crippen LogP contribution in [0.2, 0.25) is 0 Å². The second-order valence-corrected chi connectivity index (χ2v) is 4.77. The summed E-state index contributed by atoms with van der Waals surface area (Å²) in [6.07, 6.45) is 3.32. The van der Waals surface area contributed by atoms with Crippen molar-refractivity contribution in [3.63, 3.8) is 0 Å². The van der Waals surface area contributed by atoms with Gasteiger partial charge in [-0.15, -0.1) is 0 Å². The van der Waals surface area contributed by atoms with E-state index in [-0.39, 0.29) is 5.91 Å². The molecule has 3 rings (SSSR count). The van der Waals surface area contributed by atoms with Gasteiger partial charge in [0.15, 0.2) is 0 Å². The van der Waals surface area contributed by atoms with Crippen LogP contribution in [0.5, 0.6) is 0 Å². The number of hydrogen-bond donors (Lipinski definition) is 2. The molecular formula is C18H15N3O. The van der Waals surface area contributed by atoms with E-state index in [4.69, 9.17) is 0 Å². The molecule has 22 heavy (non-hydrogen) atoms. The van der Waals surface area contributed by atoms with Gasteiger partial charge in [-0.1, -0.05) is 54.6 Å². The number of hydrazone groups is 1. The van der Waals surface area contributed by atoms with E-state index in [0.717, 1.165) is 11.1 Å². The highest BCUT2D eigenvalue weighted by atomic mass is 16.2. The summed E-state index contributed by atoms with van der Waals surface area (Å²) < 4.78 is 0. The SMILES string of the molecule is O=C(N/N=C\c1ccc(-c2ccccc2)cc1)c1ccc[nH]1. The van der Waals surface area contributed by atoms with Crippen molar-refractivity contribution in [1.29, 1.82) is 0 Å². The molecular weight excluding hydrogens is 274 g/mol. The highest BCUT2D eigenvalue weighted by Gasteiger charge is 2.02. The molecule has 1 amide bonds. The Bertz CT molecular complexity index is 760. The van der Waals surface area contributed by atoms with Gasteiger partial charge >= 0.3 is 0 Å². The highest BCUT2D eigenvalue weighted by Crippen LogP contribution is 2.18. The minimum atomic E-state index is -0.262. The maximum absolute atomic E-state index is 11.7.